The quantitative estimate of drug-likeness (QED) is 0.676. The van der Waals surface area contributed by atoms with Crippen molar-refractivity contribution < 1.29 is 9.18 Å². The third-order valence-corrected chi connectivity index (χ3v) is 6.54. The standard InChI is InChI=1S/C21H22FN3O2S/c1-13-7-8-15-17(9-13)28-20-19(15)21(27)25(12-23-20)11-18(26)24(2)10-14-5-3-4-6-16(14)22/h3-6,12-13H,7-11H2,1-2H3/t13-/m0/s1. The van der Waals surface area contributed by atoms with Gasteiger partial charge in [0.1, 0.15) is 17.2 Å². The number of carbonyl (C=O) groups is 1. The molecule has 2 aromatic heterocycles. The van der Waals surface area contributed by atoms with Gasteiger partial charge in [0.15, 0.2) is 0 Å². The lowest BCUT2D eigenvalue weighted by Crippen LogP contribution is -2.34. The molecule has 1 aromatic carbocycles. The van der Waals surface area contributed by atoms with Crippen LogP contribution in [0.5, 0.6) is 0 Å². The van der Waals surface area contributed by atoms with Crippen LogP contribution in [-0.4, -0.2) is 27.4 Å². The van der Waals surface area contributed by atoms with Gasteiger partial charge in [-0.15, -0.1) is 11.3 Å². The van der Waals surface area contributed by atoms with E-state index in [1.807, 2.05) is 0 Å². The number of benzene rings is 1. The maximum atomic E-state index is 13.8. The number of amides is 1. The molecular weight excluding hydrogens is 377 g/mol. The molecule has 0 bridgehead atoms. The molecule has 0 fully saturated rings. The van der Waals surface area contributed by atoms with Crippen molar-refractivity contribution in [3.63, 3.8) is 0 Å². The second-order valence-corrected chi connectivity index (χ2v) is 8.63. The average Bonchev–Trinajstić information content (AvgIpc) is 3.03. The molecular formula is C21H22FN3O2S. The highest BCUT2D eigenvalue weighted by Gasteiger charge is 2.23. The van der Waals surface area contributed by atoms with Crippen molar-refractivity contribution in [2.75, 3.05) is 7.05 Å². The maximum absolute atomic E-state index is 13.8. The fourth-order valence-corrected chi connectivity index (χ4v) is 5.06. The fraction of sp³-hybridized carbons (Fsp3) is 0.381. The van der Waals surface area contributed by atoms with Crippen molar-refractivity contribution in [1.82, 2.24) is 14.5 Å². The number of nitrogens with zero attached hydrogens (tertiary/aromatic N) is 3. The van der Waals surface area contributed by atoms with Gasteiger partial charge in [-0.05, 0) is 36.8 Å². The molecule has 1 aliphatic carbocycles. The molecule has 0 unspecified atom stereocenters. The number of hydrogen-bond donors (Lipinski definition) is 0. The Morgan fingerprint density at radius 3 is 2.96 bits per heavy atom. The molecule has 5 nitrogen and oxygen atoms in total. The van der Waals surface area contributed by atoms with E-state index in [-0.39, 0.29) is 30.4 Å². The number of thiophene rings is 1. The van der Waals surface area contributed by atoms with Crippen molar-refractivity contribution in [2.24, 2.45) is 5.92 Å². The third kappa shape index (κ3) is 3.46. The van der Waals surface area contributed by atoms with Crippen molar-refractivity contribution in [3.8, 4) is 0 Å². The molecule has 0 N–H and O–H groups in total. The molecule has 28 heavy (non-hydrogen) atoms. The summed E-state index contributed by atoms with van der Waals surface area (Å²) in [6.07, 6.45) is 4.39. The number of rotatable bonds is 4. The molecule has 1 atom stereocenters. The van der Waals surface area contributed by atoms with Crippen LogP contribution in [0.1, 0.15) is 29.3 Å². The van der Waals surface area contributed by atoms with Crippen LogP contribution in [-0.2, 0) is 30.7 Å². The molecule has 7 heteroatoms. The first kappa shape index (κ1) is 18.8. The molecule has 0 radical (unpaired) electrons. The van der Waals surface area contributed by atoms with Crippen LogP contribution < -0.4 is 5.56 Å². The Balaban J connectivity index is 1.58. The summed E-state index contributed by atoms with van der Waals surface area (Å²) in [7, 11) is 1.61. The van der Waals surface area contributed by atoms with E-state index in [2.05, 4.69) is 11.9 Å². The topological polar surface area (TPSA) is 55.2 Å². The highest BCUT2D eigenvalue weighted by Crippen LogP contribution is 2.35. The molecule has 4 rings (SSSR count). The number of likely N-dealkylation sites (N-methyl/N-ethyl adjacent to an activating group) is 1. The summed E-state index contributed by atoms with van der Waals surface area (Å²) in [5, 5.41) is 0.666. The van der Waals surface area contributed by atoms with E-state index in [1.54, 1.807) is 36.6 Å². The molecule has 0 spiro atoms. The van der Waals surface area contributed by atoms with Crippen molar-refractivity contribution in [3.05, 3.63) is 62.8 Å². The molecule has 2 heterocycles. The van der Waals surface area contributed by atoms with Crippen LogP contribution in [0.25, 0.3) is 10.2 Å². The first-order chi connectivity index (χ1) is 13.4. The summed E-state index contributed by atoms with van der Waals surface area (Å²) in [4.78, 5) is 33.5. The normalized spacial score (nSPS) is 16.2. The monoisotopic (exact) mass is 399 g/mol. The fourth-order valence-electron chi connectivity index (χ4n) is 3.72. The van der Waals surface area contributed by atoms with E-state index in [0.717, 1.165) is 29.7 Å². The first-order valence-electron chi connectivity index (χ1n) is 9.41. The first-order valence-corrected chi connectivity index (χ1v) is 10.2. The van der Waals surface area contributed by atoms with E-state index in [9.17, 15) is 14.0 Å². The largest absolute Gasteiger partial charge is 0.340 e. The van der Waals surface area contributed by atoms with Gasteiger partial charge in [-0.25, -0.2) is 9.37 Å². The number of aryl methyl sites for hydroxylation is 1. The Bertz CT molecular complexity index is 1100. The lowest BCUT2D eigenvalue weighted by molar-refractivity contribution is -0.131. The summed E-state index contributed by atoms with van der Waals surface area (Å²) in [5.41, 5.74) is 1.39. The second kappa shape index (κ2) is 7.47. The van der Waals surface area contributed by atoms with E-state index in [0.29, 0.717) is 16.9 Å². The molecule has 0 saturated carbocycles. The lowest BCUT2D eigenvalue weighted by atomic mass is 9.89. The molecule has 3 aromatic rings. The number of aromatic nitrogens is 2. The van der Waals surface area contributed by atoms with Gasteiger partial charge in [-0.1, -0.05) is 25.1 Å². The van der Waals surface area contributed by atoms with Crippen LogP contribution in [0, 0.1) is 11.7 Å². The Labute approximate surface area is 166 Å². The molecule has 1 amide bonds. The lowest BCUT2D eigenvalue weighted by Gasteiger charge is -2.19. The zero-order chi connectivity index (χ0) is 19.8. The number of halogens is 1. The van der Waals surface area contributed by atoms with Gasteiger partial charge in [0, 0.05) is 24.0 Å². The third-order valence-electron chi connectivity index (χ3n) is 5.38. The predicted molar refractivity (Wildman–Crippen MR) is 108 cm³/mol. The van der Waals surface area contributed by atoms with Gasteiger partial charge in [0.05, 0.1) is 11.7 Å². The van der Waals surface area contributed by atoms with Gasteiger partial charge in [-0.2, -0.15) is 0 Å². The number of fused-ring (bicyclic) bond motifs is 3. The Kier molecular flexibility index (Phi) is 5.02. The van der Waals surface area contributed by atoms with E-state index in [4.69, 9.17) is 0 Å². The zero-order valence-electron chi connectivity index (χ0n) is 15.9. The molecule has 0 aliphatic heterocycles. The summed E-state index contributed by atoms with van der Waals surface area (Å²) in [5.74, 6) is 0.0159. The summed E-state index contributed by atoms with van der Waals surface area (Å²) < 4.78 is 15.2. The SMILES string of the molecule is C[C@H]1CCc2c(sc3ncn(CC(=O)N(C)Cc4ccccc4F)c(=O)c23)C1. The van der Waals surface area contributed by atoms with Crippen LogP contribution in [0.4, 0.5) is 4.39 Å². The Morgan fingerprint density at radius 2 is 2.18 bits per heavy atom. The molecule has 146 valence electrons. The molecule has 1 aliphatic rings. The van der Waals surface area contributed by atoms with Crippen molar-refractivity contribution >= 4 is 27.5 Å². The van der Waals surface area contributed by atoms with Gasteiger partial charge in [0.25, 0.3) is 5.56 Å². The number of hydrogen-bond acceptors (Lipinski definition) is 4. The van der Waals surface area contributed by atoms with Gasteiger partial charge in [0.2, 0.25) is 5.91 Å². The smallest absolute Gasteiger partial charge is 0.262 e. The highest BCUT2D eigenvalue weighted by molar-refractivity contribution is 7.18. The molecule has 0 saturated heterocycles. The maximum Gasteiger partial charge on any atom is 0.262 e. The van der Waals surface area contributed by atoms with Gasteiger partial charge in [-0.3, -0.25) is 14.2 Å². The Hall–Kier alpha value is -2.54. The summed E-state index contributed by atoms with van der Waals surface area (Å²) in [6.45, 7) is 2.28. The predicted octanol–water partition coefficient (Wildman–Crippen LogP) is 3.38. The van der Waals surface area contributed by atoms with Gasteiger partial charge < -0.3 is 4.90 Å². The zero-order valence-corrected chi connectivity index (χ0v) is 16.8. The highest BCUT2D eigenvalue weighted by atomic mass is 32.1. The average molecular weight is 399 g/mol. The summed E-state index contributed by atoms with van der Waals surface area (Å²) in [6, 6.07) is 6.37. The van der Waals surface area contributed by atoms with Crippen LogP contribution in [0.2, 0.25) is 0 Å². The minimum absolute atomic E-state index is 0.103. The van der Waals surface area contributed by atoms with Crippen molar-refractivity contribution in [1.29, 1.82) is 0 Å². The van der Waals surface area contributed by atoms with Crippen LogP contribution in [0.15, 0.2) is 35.4 Å². The Morgan fingerprint density at radius 1 is 1.39 bits per heavy atom. The van der Waals surface area contributed by atoms with Crippen molar-refractivity contribution in [2.45, 2.75) is 39.3 Å². The van der Waals surface area contributed by atoms with E-state index in [1.165, 1.54) is 26.7 Å². The second-order valence-electron chi connectivity index (χ2n) is 7.55. The van der Waals surface area contributed by atoms with Crippen LogP contribution in [0.3, 0.4) is 0 Å². The summed E-state index contributed by atoms with van der Waals surface area (Å²) >= 11 is 1.59. The minimum atomic E-state index is -0.346. The van der Waals surface area contributed by atoms with E-state index >= 15 is 0 Å². The van der Waals surface area contributed by atoms with Crippen LogP contribution >= 0.6 is 11.3 Å². The minimum Gasteiger partial charge on any atom is -0.340 e. The number of carbonyl (C=O) groups excluding carboxylic acids is 1. The van der Waals surface area contributed by atoms with Gasteiger partial charge >= 0.3 is 0 Å². The van der Waals surface area contributed by atoms with E-state index < -0.39 is 0 Å².